The van der Waals surface area contributed by atoms with Gasteiger partial charge in [0.2, 0.25) is 0 Å². The van der Waals surface area contributed by atoms with Crippen molar-refractivity contribution >= 4 is 5.97 Å². The van der Waals surface area contributed by atoms with Crippen LogP contribution < -0.4 is 0 Å². The summed E-state index contributed by atoms with van der Waals surface area (Å²) in [6, 6.07) is 0.283. The maximum absolute atomic E-state index is 10.8. The highest BCUT2D eigenvalue weighted by atomic mass is 16.7. The van der Waals surface area contributed by atoms with Crippen LogP contribution in [-0.2, 0) is 14.4 Å². The number of hydrogen-bond acceptors (Lipinski definition) is 4. The quantitative estimate of drug-likeness (QED) is 0.355. The number of carbonyl (C=O) groups excluding carboxylic acids is 1. The molecule has 0 aromatic heterocycles. The van der Waals surface area contributed by atoms with Crippen LogP contribution >= 0.6 is 0 Å². The van der Waals surface area contributed by atoms with Crippen LogP contribution in [0.5, 0.6) is 0 Å². The first kappa shape index (κ1) is 8.31. The summed E-state index contributed by atoms with van der Waals surface area (Å²) >= 11 is 0. The molecule has 0 amide bonds. The van der Waals surface area contributed by atoms with Crippen molar-refractivity contribution < 1.29 is 14.4 Å². The number of ether oxygens (including phenoxy) is 1. The molecule has 0 radical (unpaired) electrons. The van der Waals surface area contributed by atoms with Crippen LogP contribution in [0.2, 0.25) is 0 Å². The van der Waals surface area contributed by atoms with E-state index < -0.39 is 0 Å². The first-order valence-electron chi connectivity index (χ1n) is 4.19. The van der Waals surface area contributed by atoms with E-state index in [4.69, 9.17) is 4.84 Å². The number of methoxy groups -OCH3 is 1. The topological polar surface area (TPSA) is 38.8 Å². The zero-order valence-electron chi connectivity index (χ0n) is 7.34. The minimum absolute atomic E-state index is 0.187. The zero-order chi connectivity index (χ0) is 9.26. The minimum Gasteiger partial charge on any atom is -0.466 e. The predicted molar refractivity (Wildman–Crippen MR) is 45.4 cm³/mol. The number of esters is 1. The largest absolute Gasteiger partial charge is 0.466 e. The lowest BCUT2D eigenvalue weighted by molar-refractivity contribution is -0.136. The second kappa shape index (κ2) is 3.22. The zero-order valence-corrected chi connectivity index (χ0v) is 7.34. The van der Waals surface area contributed by atoms with Gasteiger partial charge < -0.3 is 4.74 Å². The molecule has 1 aliphatic carbocycles. The van der Waals surface area contributed by atoms with E-state index >= 15 is 0 Å². The lowest BCUT2D eigenvalue weighted by Gasteiger charge is -2.19. The Kier molecular flexibility index (Phi) is 2.06. The molecule has 2 atom stereocenters. The molecule has 1 fully saturated rings. The van der Waals surface area contributed by atoms with Crippen molar-refractivity contribution in [3.8, 4) is 0 Å². The third-order valence-corrected chi connectivity index (χ3v) is 2.16. The second-order valence-corrected chi connectivity index (χ2v) is 3.03. The van der Waals surface area contributed by atoms with Gasteiger partial charge in [-0.05, 0) is 0 Å². The smallest absolute Gasteiger partial charge is 0.332 e. The number of carbonyl (C=O) groups is 1. The standard InChI is InChI=1S/C9H11NO3/c1-12-9(11)4-5-10-7-2-3-8(6-7)13-10/h2-5,7-8H,6H2,1H3/b5-4+. The normalized spacial score (nSPS) is 30.4. The Labute approximate surface area is 76.4 Å². The van der Waals surface area contributed by atoms with Gasteiger partial charge in [0.25, 0.3) is 0 Å². The molecule has 4 nitrogen and oxygen atoms in total. The van der Waals surface area contributed by atoms with Crippen LogP contribution in [0.3, 0.4) is 0 Å². The van der Waals surface area contributed by atoms with Crippen LogP contribution in [0.1, 0.15) is 6.42 Å². The Bertz CT molecular complexity index is 272. The van der Waals surface area contributed by atoms with Crippen molar-refractivity contribution in [1.82, 2.24) is 5.06 Å². The van der Waals surface area contributed by atoms with Gasteiger partial charge in [-0.15, -0.1) is 0 Å². The molecule has 0 saturated carbocycles. The molecule has 2 aliphatic rings. The maximum atomic E-state index is 10.8. The summed E-state index contributed by atoms with van der Waals surface area (Å²) in [4.78, 5) is 16.2. The van der Waals surface area contributed by atoms with Gasteiger partial charge in [0, 0.05) is 18.7 Å². The van der Waals surface area contributed by atoms with Crippen molar-refractivity contribution in [2.75, 3.05) is 7.11 Å². The van der Waals surface area contributed by atoms with E-state index in [0.29, 0.717) is 0 Å². The van der Waals surface area contributed by atoms with Gasteiger partial charge in [-0.1, -0.05) is 12.2 Å². The number of rotatable bonds is 2. The Hall–Kier alpha value is -1.29. The Morgan fingerprint density at radius 3 is 3.08 bits per heavy atom. The van der Waals surface area contributed by atoms with Crippen molar-refractivity contribution in [3.63, 3.8) is 0 Å². The van der Waals surface area contributed by atoms with Crippen LogP contribution in [0.4, 0.5) is 0 Å². The highest BCUT2D eigenvalue weighted by Crippen LogP contribution is 2.28. The lowest BCUT2D eigenvalue weighted by atomic mass is 10.2. The van der Waals surface area contributed by atoms with E-state index in [1.165, 1.54) is 13.2 Å². The van der Waals surface area contributed by atoms with Crippen LogP contribution in [0, 0.1) is 0 Å². The molecular weight excluding hydrogens is 170 g/mol. The maximum Gasteiger partial charge on any atom is 0.332 e. The average molecular weight is 181 g/mol. The molecule has 0 aromatic rings. The van der Waals surface area contributed by atoms with E-state index in [1.807, 2.05) is 6.08 Å². The molecule has 1 heterocycles. The Morgan fingerprint density at radius 2 is 2.54 bits per heavy atom. The lowest BCUT2D eigenvalue weighted by Crippen LogP contribution is -2.22. The van der Waals surface area contributed by atoms with E-state index in [-0.39, 0.29) is 18.1 Å². The van der Waals surface area contributed by atoms with Crippen molar-refractivity contribution in [1.29, 1.82) is 0 Å². The van der Waals surface area contributed by atoms with Gasteiger partial charge >= 0.3 is 5.97 Å². The first-order valence-corrected chi connectivity index (χ1v) is 4.19. The van der Waals surface area contributed by atoms with E-state index in [1.54, 1.807) is 11.3 Å². The van der Waals surface area contributed by atoms with Gasteiger partial charge in [0.05, 0.1) is 13.2 Å². The average Bonchev–Trinajstić information content (AvgIpc) is 2.74. The molecule has 0 spiro atoms. The fraction of sp³-hybridized carbons (Fsp3) is 0.444. The second-order valence-electron chi connectivity index (χ2n) is 3.03. The fourth-order valence-corrected chi connectivity index (χ4v) is 1.50. The molecule has 0 N–H and O–H groups in total. The highest BCUT2D eigenvalue weighted by Gasteiger charge is 2.33. The first-order chi connectivity index (χ1) is 6.29. The van der Waals surface area contributed by atoms with Crippen molar-refractivity contribution in [2.24, 2.45) is 0 Å². The number of fused-ring (bicyclic) bond motifs is 2. The van der Waals surface area contributed by atoms with Crippen LogP contribution in [-0.4, -0.2) is 30.3 Å². The molecule has 1 aliphatic heterocycles. The van der Waals surface area contributed by atoms with Crippen molar-refractivity contribution in [3.05, 3.63) is 24.4 Å². The molecule has 2 rings (SSSR count). The van der Waals surface area contributed by atoms with Crippen molar-refractivity contribution in [2.45, 2.75) is 18.6 Å². The fourth-order valence-electron chi connectivity index (χ4n) is 1.50. The van der Waals surface area contributed by atoms with Crippen LogP contribution in [0.15, 0.2) is 24.4 Å². The SMILES string of the molecule is COC(=O)/C=C/N1OC2C=CC1C2. The molecule has 70 valence electrons. The molecular formula is C9H11NO3. The van der Waals surface area contributed by atoms with Gasteiger partial charge in [0.1, 0.15) is 6.10 Å². The van der Waals surface area contributed by atoms with E-state index in [2.05, 4.69) is 10.8 Å². The molecule has 0 aromatic carbocycles. The summed E-state index contributed by atoms with van der Waals surface area (Å²) in [7, 11) is 1.35. The summed E-state index contributed by atoms with van der Waals surface area (Å²) in [5.41, 5.74) is 0. The Balaban J connectivity index is 1.93. The van der Waals surface area contributed by atoms with Gasteiger partial charge in [0.15, 0.2) is 0 Å². The molecule has 13 heavy (non-hydrogen) atoms. The van der Waals surface area contributed by atoms with E-state index in [9.17, 15) is 4.79 Å². The summed E-state index contributed by atoms with van der Waals surface area (Å²) in [5, 5.41) is 1.68. The third-order valence-electron chi connectivity index (χ3n) is 2.16. The summed E-state index contributed by atoms with van der Waals surface area (Å²) < 4.78 is 4.46. The number of nitrogens with zero attached hydrogens (tertiary/aromatic N) is 1. The van der Waals surface area contributed by atoms with Gasteiger partial charge in [-0.2, -0.15) is 0 Å². The monoisotopic (exact) mass is 181 g/mol. The van der Waals surface area contributed by atoms with Gasteiger partial charge in [-0.3, -0.25) is 9.90 Å². The molecule has 2 unspecified atom stereocenters. The van der Waals surface area contributed by atoms with E-state index in [0.717, 1.165) is 6.42 Å². The third kappa shape index (κ3) is 1.58. The summed E-state index contributed by atoms with van der Waals surface area (Å²) in [6.07, 6.45) is 8.25. The molecule has 4 heteroatoms. The highest BCUT2D eigenvalue weighted by molar-refractivity contribution is 5.81. The number of hydroxylamine groups is 2. The Morgan fingerprint density at radius 1 is 1.69 bits per heavy atom. The molecule has 2 bridgehead atoms. The molecule has 1 saturated heterocycles. The predicted octanol–water partition coefficient (Wildman–Crippen LogP) is 0.617. The number of hydrogen-bond donors (Lipinski definition) is 0. The summed E-state index contributed by atoms with van der Waals surface area (Å²) in [6.45, 7) is 0. The minimum atomic E-state index is -0.365. The van der Waals surface area contributed by atoms with Gasteiger partial charge in [-0.25, -0.2) is 4.79 Å². The van der Waals surface area contributed by atoms with Crippen LogP contribution in [0.25, 0.3) is 0 Å². The summed E-state index contributed by atoms with van der Waals surface area (Å²) in [5.74, 6) is -0.365.